The fourth-order valence-electron chi connectivity index (χ4n) is 1.46. The highest BCUT2D eigenvalue weighted by molar-refractivity contribution is 5.93. The molecule has 0 fully saturated rings. The summed E-state index contributed by atoms with van der Waals surface area (Å²) in [5.41, 5.74) is 7.05. The van der Waals surface area contributed by atoms with Crippen LogP contribution in [0, 0.1) is 0 Å². The van der Waals surface area contributed by atoms with Crippen LogP contribution in [0.3, 0.4) is 0 Å². The third-order valence-electron chi connectivity index (χ3n) is 2.68. The second-order valence-electron chi connectivity index (χ2n) is 4.25. The lowest BCUT2D eigenvalue weighted by Gasteiger charge is -2.15. The van der Waals surface area contributed by atoms with Crippen molar-refractivity contribution in [2.45, 2.75) is 0 Å². The van der Waals surface area contributed by atoms with E-state index in [1.165, 1.54) is 18.1 Å². The lowest BCUT2D eigenvalue weighted by atomic mass is 10.1. The molecule has 0 heterocycles. The molecule has 0 spiro atoms. The van der Waals surface area contributed by atoms with Crippen LogP contribution in [-0.4, -0.2) is 51.6 Å². The van der Waals surface area contributed by atoms with E-state index in [1.807, 2.05) is 0 Å². The molecule has 0 aliphatic carbocycles. The molecule has 7 nitrogen and oxygen atoms in total. The van der Waals surface area contributed by atoms with Gasteiger partial charge in [-0.1, -0.05) is 0 Å². The molecule has 1 aromatic carbocycles. The Morgan fingerprint density at radius 1 is 1.35 bits per heavy atom. The van der Waals surface area contributed by atoms with Crippen LogP contribution in [0.2, 0.25) is 0 Å². The Morgan fingerprint density at radius 3 is 2.50 bits per heavy atom. The lowest BCUT2D eigenvalue weighted by Crippen LogP contribution is -2.27. The van der Waals surface area contributed by atoms with Crippen molar-refractivity contribution in [3.05, 3.63) is 17.7 Å². The van der Waals surface area contributed by atoms with Crippen molar-refractivity contribution in [1.29, 1.82) is 0 Å². The number of carbonyl (C=O) groups excluding carboxylic acids is 2. The largest absolute Gasteiger partial charge is 0.482 e. The third-order valence-corrected chi connectivity index (χ3v) is 2.68. The number of nitrogens with two attached hydrogens (primary N) is 1. The first-order chi connectivity index (χ1) is 9.40. The highest BCUT2D eigenvalue weighted by Gasteiger charge is 2.15. The molecule has 20 heavy (non-hydrogen) atoms. The molecular weight excluding hydrogens is 262 g/mol. The number of anilines is 2. The molecule has 0 bridgehead atoms. The smallest absolute Gasteiger partial charge is 0.338 e. The van der Waals surface area contributed by atoms with Crippen LogP contribution in [0.4, 0.5) is 11.4 Å². The van der Waals surface area contributed by atoms with Crippen molar-refractivity contribution in [2.24, 2.45) is 0 Å². The monoisotopic (exact) mass is 281 g/mol. The number of carbonyl (C=O) groups is 2. The number of hydrogen-bond donors (Lipinski definition) is 2. The number of hydrogen-bond acceptors (Lipinski definition) is 6. The van der Waals surface area contributed by atoms with Gasteiger partial charge in [0, 0.05) is 21.1 Å². The first-order valence-corrected chi connectivity index (χ1v) is 5.93. The number of amides is 1. The lowest BCUT2D eigenvalue weighted by molar-refractivity contribution is -0.130. The molecule has 1 amide bonds. The predicted octanol–water partition coefficient (Wildman–Crippen LogP) is 0.564. The predicted molar refractivity (Wildman–Crippen MR) is 75.9 cm³/mol. The summed E-state index contributed by atoms with van der Waals surface area (Å²) < 4.78 is 10.0. The number of methoxy groups -OCH3 is 1. The van der Waals surface area contributed by atoms with Crippen LogP contribution in [0.15, 0.2) is 12.1 Å². The third kappa shape index (κ3) is 3.53. The molecule has 0 saturated heterocycles. The Labute approximate surface area is 117 Å². The second kappa shape index (κ2) is 6.65. The van der Waals surface area contributed by atoms with E-state index in [1.54, 1.807) is 27.2 Å². The van der Waals surface area contributed by atoms with Crippen LogP contribution in [0.25, 0.3) is 0 Å². The Hall–Kier alpha value is -2.44. The molecule has 0 saturated carbocycles. The Balaban J connectivity index is 3.04. The van der Waals surface area contributed by atoms with Crippen molar-refractivity contribution in [2.75, 3.05) is 45.9 Å². The maximum atomic E-state index is 11.6. The molecule has 110 valence electrons. The van der Waals surface area contributed by atoms with Crippen molar-refractivity contribution in [1.82, 2.24) is 4.90 Å². The zero-order valence-electron chi connectivity index (χ0n) is 12.0. The summed E-state index contributed by atoms with van der Waals surface area (Å²) in [7, 11) is 6.20. The minimum atomic E-state index is -0.509. The van der Waals surface area contributed by atoms with Crippen molar-refractivity contribution in [3.8, 4) is 5.75 Å². The maximum absolute atomic E-state index is 11.6. The summed E-state index contributed by atoms with van der Waals surface area (Å²) in [5.74, 6) is -0.461. The molecule has 0 aromatic heterocycles. The van der Waals surface area contributed by atoms with E-state index in [0.29, 0.717) is 16.9 Å². The minimum Gasteiger partial charge on any atom is -0.482 e. The van der Waals surface area contributed by atoms with Gasteiger partial charge in [-0.2, -0.15) is 0 Å². The molecular formula is C13H19N3O4. The van der Waals surface area contributed by atoms with E-state index in [0.717, 1.165) is 0 Å². The molecule has 1 aromatic rings. The summed E-state index contributed by atoms with van der Waals surface area (Å²) in [5, 5.41) is 2.86. The maximum Gasteiger partial charge on any atom is 0.338 e. The number of nitrogens with zero attached hydrogens (tertiary/aromatic N) is 1. The average Bonchev–Trinajstić information content (AvgIpc) is 2.44. The number of nitrogen functional groups attached to an aromatic ring is 1. The van der Waals surface area contributed by atoms with E-state index in [2.05, 4.69) is 10.1 Å². The standard InChI is InChI=1S/C13H19N3O4/c1-15-9-5-8(13(18)19-4)6-10(12(9)14)20-7-11(17)16(2)3/h5-6,15H,7,14H2,1-4H3. The molecule has 7 heteroatoms. The van der Waals surface area contributed by atoms with Gasteiger partial charge in [0.1, 0.15) is 5.75 Å². The van der Waals surface area contributed by atoms with E-state index >= 15 is 0 Å². The quantitative estimate of drug-likeness (QED) is 0.605. The van der Waals surface area contributed by atoms with E-state index in [-0.39, 0.29) is 18.3 Å². The number of benzene rings is 1. The van der Waals surface area contributed by atoms with Gasteiger partial charge in [0.2, 0.25) is 0 Å². The first-order valence-electron chi connectivity index (χ1n) is 5.93. The van der Waals surface area contributed by atoms with E-state index < -0.39 is 5.97 Å². The number of rotatable bonds is 5. The van der Waals surface area contributed by atoms with Gasteiger partial charge in [-0.25, -0.2) is 4.79 Å². The average molecular weight is 281 g/mol. The molecule has 0 atom stereocenters. The summed E-state index contributed by atoms with van der Waals surface area (Å²) in [4.78, 5) is 24.5. The molecule has 3 N–H and O–H groups in total. The summed E-state index contributed by atoms with van der Waals surface area (Å²) in [6.45, 7) is -0.162. The molecule has 1 rings (SSSR count). The number of nitrogens with one attached hydrogen (secondary N) is 1. The van der Waals surface area contributed by atoms with Crippen molar-refractivity contribution in [3.63, 3.8) is 0 Å². The first kappa shape index (κ1) is 15.6. The Kier molecular flexibility index (Phi) is 5.19. The highest BCUT2D eigenvalue weighted by Crippen LogP contribution is 2.31. The van der Waals surface area contributed by atoms with Gasteiger partial charge in [-0.15, -0.1) is 0 Å². The van der Waals surface area contributed by atoms with Crippen LogP contribution in [0.1, 0.15) is 10.4 Å². The van der Waals surface area contributed by atoms with Gasteiger partial charge < -0.3 is 25.4 Å². The number of esters is 1. The Bertz CT molecular complexity index is 515. The van der Waals surface area contributed by atoms with Gasteiger partial charge >= 0.3 is 5.97 Å². The number of ether oxygens (including phenoxy) is 2. The van der Waals surface area contributed by atoms with Gasteiger partial charge in [-0.05, 0) is 12.1 Å². The summed E-state index contributed by atoms with van der Waals surface area (Å²) in [6.07, 6.45) is 0. The van der Waals surface area contributed by atoms with Gasteiger partial charge in [-0.3, -0.25) is 4.79 Å². The number of likely N-dealkylation sites (N-methyl/N-ethyl adjacent to an activating group) is 1. The zero-order chi connectivity index (χ0) is 15.3. The summed E-state index contributed by atoms with van der Waals surface area (Å²) in [6, 6.07) is 3.01. The van der Waals surface area contributed by atoms with Crippen molar-refractivity contribution < 1.29 is 19.1 Å². The molecule has 0 aliphatic heterocycles. The zero-order valence-corrected chi connectivity index (χ0v) is 12.0. The SMILES string of the molecule is CNc1cc(C(=O)OC)cc(OCC(=O)N(C)C)c1N. The van der Waals surface area contributed by atoms with Crippen LogP contribution >= 0.6 is 0 Å². The molecule has 0 unspecified atom stereocenters. The van der Waals surface area contributed by atoms with Crippen molar-refractivity contribution >= 4 is 23.3 Å². The van der Waals surface area contributed by atoms with Crippen LogP contribution < -0.4 is 15.8 Å². The van der Waals surface area contributed by atoms with Crippen LogP contribution in [0.5, 0.6) is 5.75 Å². The molecule has 0 aliphatic rings. The fourth-order valence-corrected chi connectivity index (χ4v) is 1.46. The summed E-state index contributed by atoms with van der Waals surface area (Å²) >= 11 is 0. The Morgan fingerprint density at radius 2 is 2.00 bits per heavy atom. The van der Waals surface area contributed by atoms with Gasteiger partial charge in [0.15, 0.2) is 6.61 Å². The normalized spacial score (nSPS) is 9.80. The van der Waals surface area contributed by atoms with E-state index in [4.69, 9.17) is 10.5 Å². The highest BCUT2D eigenvalue weighted by atomic mass is 16.5. The molecule has 0 radical (unpaired) electrons. The fraction of sp³-hybridized carbons (Fsp3) is 0.385. The van der Waals surface area contributed by atoms with Crippen LogP contribution in [-0.2, 0) is 9.53 Å². The minimum absolute atomic E-state index is 0.162. The second-order valence-corrected chi connectivity index (χ2v) is 4.25. The van der Waals surface area contributed by atoms with Gasteiger partial charge in [0.25, 0.3) is 5.91 Å². The van der Waals surface area contributed by atoms with E-state index in [9.17, 15) is 9.59 Å². The topological polar surface area (TPSA) is 93.9 Å². The van der Waals surface area contributed by atoms with Gasteiger partial charge in [0.05, 0.1) is 24.0 Å².